The summed E-state index contributed by atoms with van der Waals surface area (Å²) in [5.74, 6) is 1.61. The fourth-order valence-electron chi connectivity index (χ4n) is 2.08. The Morgan fingerprint density at radius 3 is 2.35 bits per heavy atom. The molecule has 1 aromatic rings. The molecule has 0 bridgehead atoms. The molecular weight excluding hydrogens is 214 g/mol. The lowest BCUT2D eigenvalue weighted by atomic mass is 9.93. The molecule has 0 radical (unpaired) electrons. The van der Waals surface area contributed by atoms with Crippen LogP contribution in [0.2, 0.25) is 0 Å². The van der Waals surface area contributed by atoms with Crippen LogP contribution in [0.25, 0.3) is 0 Å². The third kappa shape index (κ3) is 2.72. The largest absolute Gasteiger partial charge is 0.493 e. The summed E-state index contributed by atoms with van der Waals surface area (Å²) in [6.45, 7) is 3.02. The van der Waals surface area contributed by atoms with Crippen molar-refractivity contribution in [2.45, 2.75) is 38.8 Å². The van der Waals surface area contributed by atoms with E-state index in [0.717, 1.165) is 18.0 Å². The lowest BCUT2D eigenvalue weighted by Gasteiger charge is -2.27. The predicted octanol–water partition coefficient (Wildman–Crippen LogP) is 2.65. The molecule has 0 saturated heterocycles. The normalized spacial score (nSPS) is 15.5. The number of hydrogen-bond acceptors (Lipinski definition) is 3. The Morgan fingerprint density at radius 1 is 1.18 bits per heavy atom. The van der Waals surface area contributed by atoms with Crippen LogP contribution in [-0.4, -0.2) is 20.3 Å². The predicted molar refractivity (Wildman–Crippen MR) is 68.8 cm³/mol. The van der Waals surface area contributed by atoms with Gasteiger partial charge >= 0.3 is 0 Å². The highest BCUT2D eigenvalue weighted by atomic mass is 16.5. The van der Waals surface area contributed by atoms with Crippen molar-refractivity contribution in [3.8, 4) is 11.5 Å². The molecule has 0 atom stereocenters. The molecule has 1 aromatic carbocycles. The first kappa shape index (κ1) is 12.2. The lowest BCUT2D eigenvalue weighted by molar-refractivity contribution is 0.336. The molecule has 0 aliphatic heterocycles. The van der Waals surface area contributed by atoms with Crippen LogP contribution < -0.4 is 14.8 Å². The van der Waals surface area contributed by atoms with Crippen molar-refractivity contribution in [3.05, 3.63) is 23.3 Å². The number of nitrogens with one attached hydrogen (secondary N) is 1. The Hall–Kier alpha value is -1.22. The topological polar surface area (TPSA) is 30.5 Å². The van der Waals surface area contributed by atoms with Gasteiger partial charge in [0, 0.05) is 12.6 Å². The standard InChI is InChI=1S/C14H21NO2/c1-10-7-13(16-2)14(17-3)8-11(10)9-15-12-5-4-6-12/h7-8,12,15H,4-6,9H2,1-3H3. The SMILES string of the molecule is COc1cc(C)c(CNC2CCC2)cc1OC. The zero-order valence-corrected chi connectivity index (χ0v) is 10.9. The smallest absolute Gasteiger partial charge is 0.161 e. The average Bonchev–Trinajstić information content (AvgIpc) is 2.28. The van der Waals surface area contributed by atoms with Crippen molar-refractivity contribution >= 4 is 0 Å². The van der Waals surface area contributed by atoms with E-state index in [-0.39, 0.29) is 0 Å². The Labute approximate surface area is 103 Å². The molecule has 0 spiro atoms. The maximum atomic E-state index is 5.33. The maximum absolute atomic E-state index is 5.33. The van der Waals surface area contributed by atoms with Crippen LogP contribution in [0.4, 0.5) is 0 Å². The van der Waals surface area contributed by atoms with E-state index in [1.54, 1.807) is 14.2 Å². The second-order valence-corrected chi connectivity index (χ2v) is 4.64. The van der Waals surface area contributed by atoms with E-state index in [1.807, 2.05) is 6.07 Å². The van der Waals surface area contributed by atoms with Crippen LogP contribution in [0.1, 0.15) is 30.4 Å². The molecule has 1 saturated carbocycles. The zero-order chi connectivity index (χ0) is 12.3. The third-order valence-electron chi connectivity index (χ3n) is 3.53. The number of aryl methyl sites for hydroxylation is 1. The summed E-state index contributed by atoms with van der Waals surface area (Å²) in [6.07, 6.45) is 3.99. The van der Waals surface area contributed by atoms with Gasteiger partial charge in [-0.15, -0.1) is 0 Å². The minimum absolute atomic E-state index is 0.711. The summed E-state index contributed by atoms with van der Waals surface area (Å²) in [6, 6.07) is 4.82. The molecule has 0 heterocycles. The number of methoxy groups -OCH3 is 2. The van der Waals surface area contributed by atoms with Gasteiger partial charge in [0.25, 0.3) is 0 Å². The van der Waals surface area contributed by atoms with Gasteiger partial charge in [0.15, 0.2) is 11.5 Å². The number of ether oxygens (including phenoxy) is 2. The summed E-state index contributed by atoms with van der Waals surface area (Å²) in [5, 5.41) is 3.57. The van der Waals surface area contributed by atoms with Crippen molar-refractivity contribution in [2.24, 2.45) is 0 Å². The quantitative estimate of drug-likeness (QED) is 0.851. The Kier molecular flexibility index (Phi) is 3.89. The average molecular weight is 235 g/mol. The van der Waals surface area contributed by atoms with Gasteiger partial charge in [0.1, 0.15) is 0 Å². The second kappa shape index (κ2) is 5.41. The molecule has 17 heavy (non-hydrogen) atoms. The van der Waals surface area contributed by atoms with E-state index in [2.05, 4.69) is 18.3 Å². The van der Waals surface area contributed by atoms with Crippen molar-refractivity contribution in [3.63, 3.8) is 0 Å². The summed E-state index contributed by atoms with van der Waals surface area (Å²) in [7, 11) is 3.35. The highest BCUT2D eigenvalue weighted by Gasteiger charge is 2.17. The molecule has 0 unspecified atom stereocenters. The molecule has 1 fully saturated rings. The minimum Gasteiger partial charge on any atom is -0.493 e. The van der Waals surface area contributed by atoms with Crippen LogP contribution in [0.5, 0.6) is 11.5 Å². The number of rotatable bonds is 5. The molecule has 1 N–H and O–H groups in total. The number of hydrogen-bond donors (Lipinski definition) is 1. The second-order valence-electron chi connectivity index (χ2n) is 4.64. The van der Waals surface area contributed by atoms with Crippen LogP contribution >= 0.6 is 0 Å². The molecular formula is C14H21NO2. The van der Waals surface area contributed by atoms with E-state index >= 15 is 0 Å². The van der Waals surface area contributed by atoms with Gasteiger partial charge in [0.2, 0.25) is 0 Å². The molecule has 94 valence electrons. The van der Waals surface area contributed by atoms with E-state index in [1.165, 1.54) is 30.4 Å². The lowest BCUT2D eigenvalue weighted by Crippen LogP contribution is -2.34. The van der Waals surface area contributed by atoms with Gasteiger partial charge in [0.05, 0.1) is 14.2 Å². The van der Waals surface area contributed by atoms with Crippen molar-refractivity contribution < 1.29 is 9.47 Å². The summed E-state index contributed by atoms with van der Waals surface area (Å²) in [4.78, 5) is 0. The Balaban J connectivity index is 2.09. The monoisotopic (exact) mass is 235 g/mol. The van der Waals surface area contributed by atoms with Crippen molar-refractivity contribution in [1.29, 1.82) is 0 Å². The van der Waals surface area contributed by atoms with Gasteiger partial charge in [-0.1, -0.05) is 6.42 Å². The van der Waals surface area contributed by atoms with Gasteiger partial charge < -0.3 is 14.8 Å². The molecule has 0 amide bonds. The summed E-state index contributed by atoms with van der Waals surface area (Å²) >= 11 is 0. The number of benzene rings is 1. The molecule has 0 aromatic heterocycles. The zero-order valence-electron chi connectivity index (χ0n) is 10.9. The van der Waals surface area contributed by atoms with Crippen LogP contribution in [0.15, 0.2) is 12.1 Å². The molecule has 1 aliphatic rings. The van der Waals surface area contributed by atoms with E-state index in [0.29, 0.717) is 6.04 Å². The van der Waals surface area contributed by atoms with Crippen molar-refractivity contribution in [2.75, 3.05) is 14.2 Å². The molecule has 3 heteroatoms. The van der Waals surface area contributed by atoms with E-state index in [9.17, 15) is 0 Å². The minimum atomic E-state index is 0.711. The molecule has 2 rings (SSSR count). The maximum Gasteiger partial charge on any atom is 0.161 e. The molecule has 3 nitrogen and oxygen atoms in total. The van der Waals surface area contributed by atoms with Gasteiger partial charge in [-0.2, -0.15) is 0 Å². The van der Waals surface area contributed by atoms with Gasteiger partial charge in [-0.05, 0) is 43.0 Å². The highest BCUT2D eigenvalue weighted by molar-refractivity contribution is 5.47. The van der Waals surface area contributed by atoms with Crippen LogP contribution in [0, 0.1) is 6.92 Å². The third-order valence-corrected chi connectivity index (χ3v) is 3.53. The molecule has 1 aliphatic carbocycles. The van der Waals surface area contributed by atoms with E-state index in [4.69, 9.17) is 9.47 Å². The van der Waals surface area contributed by atoms with Gasteiger partial charge in [-0.3, -0.25) is 0 Å². The first-order chi connectivity index (χ1) is 8.24. The Bertz CT molecular complexity index is 386. The Morgan fingerprint density at radius 2 is 1.82 bits per heavy atom. The fraction of sp³-hybridized carbons (Fsp3) is 0.571. The van der Waals surface area contributed by atoms with Crippen molar-refractivity contribution in [1.82, 2.24) is 5.32 Å². The summed E-state index contributed by atoms with van der Waals surface area (Å²) in [5.41, 5.74) is 2.53. The van der Waals surface area contributed by atoms with Gasteiger partial charge in [-0.25, -0.2) is 0 Å². The van der Waals surface area contributed by atoms with E-state index < -0.39 is 0 Å². The van der Waals surface area contributed by atoms with Crippen LogP contribution in [0.3, 0.4) is 0 Å². The highest BCUT2D eigenvalue weighted by Crippen LogP contribution is 2.30. The first-order valence-electron chi connectivity index (χ1n) is 6.19. The summed E-state index contributed by atoms with van der Waals surface area (Å²) < 4.78 is 10.6. The first-order valence-corrected chi connectivity index (χ1v) is 6.19. The van der Waals surface area contributed by atoms with Crippen LogP contribution in [-0.2, 0) is 6.54 Å². The fourth-order valence-corrected chi connectivity index (χ4v) is 2.08.